The van der Waals surface area contributed by atoms with Gasteiger partial charge < -0.3 is 9.73 Å². The third-order valence-corrected chi connectivity index (χ3v) is 6.40. The van der Waals surface area contributed by atoms with Crippen molar-refractivity contribution >= 4 is 44.8 Å². The number of anilines is 1. The second-order valence-electron chi connectivity index (χ2n) is 5.67. The number of carbonyl (C=O) groups is 1. The molecule has 0 radical (unpaired) electrons. The monoisotopic (exact) mass is 402 g/mol. The summed E-state index contributed by atoms with van der Waals surface area (Å²) in [6, 6.07) is 7.27. The maximum absolute atomic E-state index is 12.5. The molecule has 0 aliphatic carbocycles. The van der Waals surface area contributed by atoms with Gasteiger partial charge in [0.15, 0.2) is 5.76 Å². The summed E-state index contributed by atoms with van der Waals surface area (Å²) in [6.07, 6.45) is 2.66. The molecule has 1 fully saturated rings. The molecular formula is C16H16Cl2N2O4S. The van der Waals surface area contributed by atoms with Gasteiger partial charge in [0, 0.05) is 18.8 Å². The molecule has 134 valence electrons. The smallest absolute Gasteiger partial charge is 0.291 e. The van der Waals surface area contributed by atoms with Crippen LogP contribution >= 0.6 is 23.2 Å². The molecule has 1 aromatic heterocycles. The molecule has 6 nitrogen and oxygen atoms in total. The number of piperidine rings is 1. The highest BCUT2D eigenvalue weighted by atomic mass is 35.5. The van der Waals surface area contributed by atoms with Gasteiger partial charge in [0.25, 0.3) is 15.9 Å². The molecule has 1 saturated heterocycles. The summed E-state index contributed by atoms with van der Waals surface area (Å²) >= 11 is 11.7. The first-order valence-electron chi connectivity index (χ1n) is 7.74. The first-order valence-corrected chi connectivity index (χ1v) is 9.94. The fraction of sp³-hybridized carbons (Fsp3) is 0.312. The summed E-state index contributed by atoms with van der Waals surface area (Å²) in [6.45, 7) is 0.932. The van der Waals surface area contributed by atoms with Crippen LogP contribution in [0.3, 0.4) is 0 Å². The number of furan rings is 1. The Kier molecular flexibility index (Phi) is 5.38. The second kappa shape index (κ2) is 7.37. The summed E-state index contributed by atoms with van der Waals surface area (Å²) in [5.41, 5.74) is 0.427. The molecule has 2 aromatic rings. The summed E-state index contributed by atoms with van der Waals surface area (Å²) in [5.74, 6) is -0.667. The van der Waals surface area contributed by atoms with E-state index in [1.165, 1.54) is 22.5 Å². The van der Waals surface area contributed by atoms with Crippen molar-refractivity contribution in [3.8, 4) is 0 Å². The van der Waals surface area contributed by atoms with E-state index in [-0.39, 0.29) is 10.9 Å². The van der Waals surface area contributed by atoms with Crippen molar-refractivity contribution in [1.29, 1.82) is 0 Å². The highest BCUT2D eigenvalue weighted by molar-refractivity contribution is 7.89. The van der Waals surface area contributed by atoms with Crippen LogP contribution in [0.15, 0.2) is 39.8 Å². The van der Waals surface area contributed by atoms with Gasteiger partial charge in [-0.25, -0.2) is 8.42 Å². The maximum Gasteiger partial charge on any atom is 0.291 e. The number of hydrogen-bond donors (Lipinski definition) is 1. The second-order valence-corrected chi connectivity index (χ2v) is 8.35. The number of rotatable bonds is 4. The SMILES string of the molecule is O=C(Nc1ccc(Cl)c(Cl)c1)c1ccc(S(=O)(=O)N2CCCCC2)o1. The molecule has 3 rings (SSSR count). The number of halogens is 2. The Morgan fingerprint density at radius 2 is 1.76 bits per heavy atom. The van der Waals surface area contributed by atoms with Crippen LogP contribution in [0.2, 0.25) is 10.0 Å². The Morgan fingerprint density at radius 1 is 1.04 bits per heavy atom. The average molecular weight is 403 g/mol. The van der Waals surface area contributed by atoms with Crippen LogP contribution in [-0.4, -0.2) is 31.7 Å². The molecule has 0 unspecified atom stereocenters. The number of sulfonamides is 1. The van der Waals surface area contributed by atoms with E-state index < -0.39 is 15.9 Å². The van der Waals surface area contributed by atoms with Gasteiger partial charge in [0.1, 0.15) is 0 Å². The molecule has 1 amide bonds. The third-order valence-electron chi connectivity index (χ3n) is 3.89. The lowest BCUT2D eigenvalue weighted by Crippen LogP contribution is -2.35. The van der Waals surface area contributed by atoms with Gasteiger partial charge in [-0.15, -0.1) is 0 Å². The quantitative estimate of drug-likeness (QED) is 0.837. The van der Waals surface area contributed by atoms with Crippen LogP contribution in [0, 0.1) is 0 Å². The van der Waals surface area contributed by atoms with E-state index in [0.717, 1.165) is 19.3 Å². The van der Waals surface area contributed by atoms with E-state index in [2.05, 4.69) is 5.32 Å². The van der Waals surface area contributed by atoms with Crippen LogP contribution in [0.4, 0.5) is 5.69 Å². The Labute approximate surface area is 155 Å². The molecule has 9 heteroatoms. The zero-order valence-electron chi connectivity index (χ0n) is 13.2. The van der Waals surface area contributed by atoms with Gasteiger partial charge in [0.05, 0.1) is 10.0 Å². The highest BCUT2D eigenvalue weighted by Gasteiger charge is 2.29. The van der Waals surface area contributed by atoms with Crippen molar-refractivity contribution in [2.45, 2.75) is 24.4 Å². The van der Waals surface area contributed by atoms with Crippen molar-refractivity contribution in [3.63, 3.8) is 0 Å². The molecule has 0 bridgehead atoms. The minimum absolute atomic E-state index is 0.0957. The topological polar surface area (TPSA) is 79.6 Å². The summed E-state index contributed by atoms with van der Waals surface area (Å²) in [4.78, 5) is 12.2. The van der Waals surface area contributed by atoms with Crippen LogP contribution in [0.25, 0.3) is 0 Å². The Morgan fingerprint density at radius 3 is 2.44 bits per heavy atom. The molecule has 0 spiro atoms. The number of nitrogens with zero attached hydrogens (tertiary/aromatic N) is 1. The van der Waals surface area contributed by atoms with Crippen molar-refractivity contribution in [1.82, 2.24) is 4.31 Å². The highest BCUT2D eigenvalue weighted by Crippen LogP contribution is 2.26. The van der Waals surface area contributed by atoms with Crippen LogP contribution in [0.1, 0.15) is 29.8 Å². The van der Waals surface area contributed by atoms with Gasteiger partial charge in [-0.2, -0.15) is 4.31 Å². The molecule has 2 heterocycles. The largest absolute Gasteiger partial charge is 0.438 e. The van der Waals surface area contributed by atoms with Gasteiger partial charge >= 0.3 is 0 Å². The average Bonchev–Trinajstić information content (AvgIpc) is 3.10. The fourth-order valence-electron chi connectivity index (χ4n) is 2.58. The van der Waals surface area contributed by atoms with Crippen LogP contribution < -0.4 is 5.32 Å². The third kappa shape index (κ3) is 4.00. The number of hydrogen-bond acceptors (Lipinski definition) is 4. The van der Waals surface area contributed by atoms with Gasteiger partial charge in [-0.05, 0) is 43.2 Å². The minimum atomic E-state index is -3.71. The summed E-state index contributed by atoms with van der Waals surface area (Å²) in [5, 5.41) is 3.02. The van der Waals surface area contributed by atoms with Crippen molar-refractivity contribution in [2.24, 2.45) is 0 Å². The molecule has 1 aromatic carbocycles. The molecule has 0 atom stereocenters. The van der Waals surface area contributed by atoms with E-state index in [0.29, 0.717) is 28.8 Å². The first kappa shape index (κ1) is 18.3. The Hall–Kier alpha value is -1.54. The van der Waals surface area contributed by atoms with Crippen LogP contribution in [-0.2, 0) is 10.0 Å². The predicted molar refractivity (Wildman–Crippen MR) is 95.7 cm³/mol. The molecule has 1 aliphatic heterocycles. The normalized spacial score (nSPS) is 15.9. The van der Waals surface area contributed by atoms with E-state index in [4.69, 9.17) is 27.6 Å². The fourth-order valence-corrected chi connectivity index (χ4v) is 4.31. The van der Waals surface area contributed by atoms with E-state index in [9.17, 15) is 13.2 Å². The predicted octanol–water partition coefficient (Wildman–Crippen LogP) is 4.01. The number of benzene rings is 1. The van der Waals surface area contributed by atoms with Crippen LogP contribution in [0.5, 0.6) is 0 Å². The zero-order valence-corrected chi connectivity index (χ0v) is 15.5. The van der Waals surface area contributed by atoms with E-state index in [1.807, 2.05) is 0 Å². The minimum Gasteiger partial charge on any atom is -0.438 e. The van der Waals surface area contributed by atoms with Gasteiger partial charge in [-0.1, -0.05) is 29.6 Å². The van der Waals surface area contributed by atoms with E-state index >= 15 is 0 Å². The lowest BCUT2D eigenvalue weighted by atomic mass is 10.2. The molecule has 0 saturated carbocycles. The number of carbonyl (C=O) groups excluding carboxylic acids is 1. The first-order chi connectivity index (χ1) is 11.9. The summed E-state index contributed by atoms with van der Waals surface area (Å²) in [7, 11) is -3.71. The molecule has 1 aliphatic rings. The molecule has 25 heavy (non-hydrogen) atoms. The van der Waals surface area contributed by atoms with Gasteiger partial charge in [0.2, 0.25) is 5.09 Å². The number of nitrogens with one attached hydrogen (secondary N) is 1. The summed E-state index contributed by atoms with van der Waals surface area (Å²) < 4.78 is 31.7. The molecular weight excluding hydrogens is 387 g/mol. The van der Waals surface area contributed by atoms with Crippen molar-refractivity contribution in [3.05, 3.63) is 46.1 Å². The maximum atomic E-state index is 12.5. The Balaban J connectivity index is 1.76. The van der Waals surface area contributed by atoms with E-state index in [1.54, 1.807) is 12.1 Å². The standard InChI is InChI=1S/C16H16Cl2N2O4S/c17-12-5-4-11(10-13(12)18)19-16(21)14-6-7-15(24-14)25(22,23)20-8-2-1-3-9-20/h4-7,10H,1-3,8-9H2,(H,19,21). The van der Waals surface area contributed by atoms with Crippen molar-refractivity contribution < 1.29 is 17.6 Å². The lowest BCUT2D eigenvalue weighted by molar-refractivity contribution is 0.0991. The lowest BCUT2D eigenvalue weighted by Gasteiger charge is -2.24. The number of amides is 1. The molecule has 1 N–H and O–H groups in total. The van der Waals surface area contributed by atoms with Crippen molar-refractivity contribution in [2.75, 3.05) is 18.4 Å². The zero-order chi connectivity index (χ0) is 18.0. The Bertz CT molecular complexity index is 889. The van der Waals surface area contributed by atoms with Gasteiger partial charge in [-0.3, -0.25) is 4.79 Å².